The van der Waals surface area contributed by atoms with Crippen LogP contribution >= 0.6 is 0 Å². The second-order valence-electron chi connectivity index (χ2n) is 4.91. The van der Waals surface area contributed by atoms with Gasteiger partial charge >= 0.3 is 5.97 Å². The van der Waals surface area contributed by atoms with Crippen LogP contribution in [0.5, 0.6) is 5.75 Å². The van der Waals surface area contributed by atoms with Crippen LogP contribution in [0, 0.1) is 0 Å². The van der Waals surface area contributed by atoms with Crippen molar-refractivity contribution < 1.29 is 23.1 Å². The first kappa shape index (κ1) is 15.8. The highest BCUT2D eigenvalue weighted by molar-refractivity contribution is 7.89. The highest BCUT2D eigenvalue weighted by Gasteiger charge is 2.27. The van der Waals surface area contributed by atoms with Crippen molar-refractivity contribution in [1.29, 1.82) is 0 Å². The van der Waals surface area contributed by atoms with Crippen molar-refractivity contribution in [2.75, 3.05) is 18.9 Å². The van der Waals surface area contributed by atoms with E-state index < -0.39 is 16.0 Å². The number of carbonyl (C=O) groups excluding carboxylic acids is 1. The Kier molecular flexibility index (Phi) is 4.84. The summed E-state index contributed by atoms with van der Waals surface area (Å²) in [7, 11) is -3.50. The van der Waals surface area contributed by atoms with Gasteiger partial charge in [-0.3, -0.25) is 4.79 Å². The zero-order valence-corrected chi connectivity index (χ0v) is 12.7. The minimum absolute atomic E-state index is 0.125. The van der Waals surface area contributed by atoms with E-state index in [4.69, 9.17) is 4.74 Å². The predicted octanol–water partition coefficient (Wildman–Crippen LogP) is 1.03. The van der Waals surface area contributed by atoms with E-state index in [1.54, 1.807) is 19.1 Å². The number of esters is 1. The number of phenolic OH excluding ortho intramolecular Hbond substituents is 1. The number of rotatable bonds is 5. The number of aromatic hydroxyl groups is 1. The minimum Gasteiger partial charge on any atom is -0.508 e. The standard InChI is InChI=1S/C14H19NO5S/c1-2-20-14(17)6-8-21(18,19)15-7-5-11-3-4-13(16)9-12(11)10-15/h3-4,9,16H,2,5-8,10H2,1H3. The van der Waals surface area contributed by atoms with Gasteiger partial charge in [-0.25, -0.2) is 8.42 Å². The molecule has 1 aromatic rings. The Morgan fingerprint density at radius 2 is 2.14 bits per heavy atom. The predicted molar refractivity (Wildman–Crippen MR) is 77.3 cm³/mol. The molecule has 1 aliphatic heterocycles. The van der Waals surface area contributed by atoms with Crippen LogP contribution in [0.3, 0.4) is 0 Å². The number of ether oxygens (including phenoxy) is 1. The molecule has 0 unspecified atom stereocenters. The lowest BCUT2D eigenvalue weighted by molar-refractivity contribution is -0.142. The van der Waals surface area contributed by atoms with E-state index in [-0.39, 0.29) is 31.1 Å². The summed E-state index contributed by atoms with van der Waals surface area (Å²) in [6.07, 6.45) is 0.466. The van der Waals surface area contributed by atoms with E-state index in [1.165, 1.54) is 4.31 Å². The Bertz CT molecular complexity index is 626. The fourth-order valence-corrected chi connectivity index (χ4v) is 3.72. The molecule has 0 bridgehead atoms. The van der Waals surface area contributed by atoms with Gasteiger partial charge in [0.25, 0.3) is 0 Å². The van der Waals surface area contributed by atoms with Crippen LogP contribution in [-0.2, 0) is 32.5 Å². The first-order valence-electron chi connectivity index (χ1n) is 6.86. The fourth-order valence-electron chi connectivity index (χ4n) is 2.33. The first-order valence-corrected chi connectivity index (χ1v) is 8.47. The molecule has 0 saturated heterocycles. The normalized spacial score (nSPS) is 15.5. The van der Waals surface area contributed by atoms with Gasteiger partial charge in [0, 0.05) is 13.1 Å². The summed E-state index contributed by atoms with van der Waals surface area (Å²) >= 11 is 0. The van der Waals surface area contributed by atoms with Gasteiger partial charge in [-0.2, -0.15) is 4.31 Å². The third-order valence-corrected chi connectivity index (χ3v) is 5.25. The van der Waals surface area contributed by atoms with Crippen LogP contribution in [0.1, 0.15) is 24.5 Å². The molecule has 0 aliphatic carbocycles. The van der Waals surface area contributed by atoms with Crippen LogP contribution in [0.15, 0.2) is 18.2 Å². The summed E-state index contributed by atoms with van der Waals surface area (Å²) in [5.41, 5.74) is 1.85. The van der Waals surface area contributed by atoms with Crippen LogP contribution in [0.25, 0.3) is 0 Å². The molecule has 0 aromatic heterocycles. The summed E-state index contributed by atoms with van der Waals surface area (Å²) in [6.45, 7) is 2.55. The zero-order valence-electron chi connectivity index (χ0n) is 11.9. The lowest BCUT2D eigenvalue weighted by Crippen LogP contribution is -2.37. The van der Waals surface area contributed by atoms with Crippen molar-refractivity contribution in [3.63, 3.8) is 0 Å². The maximum Gasteiger partial charge on any atom is 0.306 e. The van der Waals surface area contributed by atoms with Crippen molar-refractivity contribution in [1.82, 2.24) is 4.31 Å². The van der Waals surface area contributed by atoms with Gasteiger partial charge in [0.15, 0.2) is 0 Å². The number of nitrogens with zero attached hydrogens (tertiary/aromatic N) is 1. The molecular formula is C14H19NO5S. The molecule has 7 heteroatoms. The molecule has 0 atom stereocenters. The SMILES string of the molecule is CCOC(=O)CCS(=O)(=O)N1CCc2ccc(O)cc2C1. The summed E-state index contributed by atoms with van der Waals surface area (Å²) in [5, 5.41) is 9.48. The Balaban J connectivity index is 2.04. The van der Waals surface area contributed by atoms with Gasteiger partial charge in [-0.05, 0) is 36.6 Å². The van der Waals surface area contributed by atoms with Crippen molar-refractivity contribution in [2.45, 2.75) is 26.3 Å². The Labute approximate surface area is 124 Å². The Morgan fingerprint density at radius 3 is 2.86 bits per heavy atom. The number of benzene rings is 1. The zero-order chi connectivity index (χ0) is 15.5. The van der Waals surface area contributed by atoms with Gasteiger partial charge in [0.2, 0.25) is 10.0 Å². The number of hydrogen-bond donors (Lipinski definition) is 1. The Hall–Kier alpha value is -1.60. The molecule has 1 heterocycles. The van der Waals surface area contributed by atoms with E-state index in [0.717, 1.165) is 11.1 Å². The smallest absolute Gasteiger partial charge is 0.306 e. The van der Waals surface area contributed by atoms with Gasteiger partial charge in [0.05, 0.1) is 18.8 Å². The molecular weight excluding hydrogens is 294 g/mol. The average molecular weight is 313 g/mol. The van der Waals surface area contributed by atoms with Crippen molar-refractivity contribution in [3.8, 4) is 5.75 Å². The summed E-state index contributed by atoms with van der Waals surface area (Å²) in [4.78, 5) is 11.3. The number of phenols is 1. The Morgan fingerprint density at radius 1 is 1.38 bits per heavy atom. The van der Waals surface area contributed by atoms with E-state index in [9.17, 15) is 18.3 Å². The molecule has 0 saturated carbocycles. The molecule has 116 valence electrons. The second kappa shape index (κ2) is 6.44. The molecule has 0 fully saturated rings. The number of hydrogen-bond acceptors (Lipinski definition) is 5. The number of fused-ring (bicyclic) bond motifs is 1. The second-order valence-corrected chi connectivity index (χ2v) is 7.00. The summed E-state index contributed by atoms with van der Waals surface area (Å²) < 4.78 is 30.6. The molecule has 0 spiro atoms. The third kappa shape index (κ3) is 3.95. The van der Waals surface area contributed by atoms with E-state index in [2.05, 4.69) is 0 Å². The molecule has 21 heavy (non-hydrogen) atoms. The van der Waals surface area contributed by atoms with Crippen LogP contribution in [-0.4, -0.2) is 42.7 Å². The van der Waals surface area contributed by atoms with E-state index in [0.29, 0.717) is 13.0 Å². The van der Waals surface area contributed by atoms with E-state index >= 15 is 0 Å². The highest BCUT2D eigenvalue weighted by atomic mass is 32.2. The molecule has 1 N–H and O–H groups in total. The number of sulfonamides is 1. The van der Waals surface area contributed by atoms with Gasteiger partial charge < -0.3 is 9.84 Å². The molecule has 0 amide bonds. The van der Waals surface area contributed by atoms with Crippen LogP contribution in [0.2, 0.25) is 0 Å². The van der Waals surface area contributed by atoms with Crippen molar-refractivity contribution in [3.05, 3.63) is 29.3 Å². The molecule has 2 rings (SSSR count). The fraction of sp³-hybridized carbons (Fsp3) is 0.500. The largest absolute Gasteiger partial charge is 0.508 e. The third-order valence-electron chi connectivity index (χ3n) is 3.43. The molecule has 1 aliphatic rings. The monoisotopic (exact) mass is 313 g/mol. The summed E-state index contributed by atoms with van der Waals surface area (Å²) in [5.74, 6) is -0.629. The van der Waals surface area contributed by atoms with Gasteiger partial charge in [-0.1, -0.05) is 6.07 Å². The molecule has 1 aromatic carbocycles. The quantitative estimate of drug-likeness (QED) is 0.821. The number of carbonyl (C=O) groups is 1. The van der Waals surface area contributed by atoms with Crippen molar-refractivity contribution >= 4 is 16.0 Å². The average Bonchev–Trinajstić information content (AvgIpc) is 2.45. The lowest BCUT2D eigenvalue weighted by atomic mass is 10.0. The minimum atomic E-state index is -3.50. The summed E-state index contributed by atoms with van der Waals surface area (Å²) in [6, 6.07) is 5.00. The maximum absolute atomic E-state index is 12.2. The molecule has 0 radical (unpaired) electrons. The molecule has 6 nitrogen and oxygen atoms in total. The van der Waals surface area contributed by atoms with Gasteiger partial charge in [-0.15, -0.1) is 0 Å². The van der Waals surface area contributed by atoms with Gasteiger partial charge in [0.1, 0.15) is 5.75 Å². The lowest BCUT2D eigenvalue weighted by Gasteiger charge is -2.28. The maximum atomic E-state index is 12.2. The topological polar surface area (TPSA) is 83.9 Å². The van der Waals surface area contributed by atoms with Crippen LogP contribution in [0.4, 0.5) is 0 Å². The van der Waals surface area contributed by atoms with Crippen LogP contribution < -0.4 is 0 Å². The van der Waals surface area contributed by atoms with E-state index in [1.807, 2.05) is 6.07 Å². The first-order chi connectivity index (χ1) is 9.92. The highest BCUT2D eigenvalue weighted by Crippen LogP contribution is 2.25. The van der Waals surface area contributed by atoms with Crippen molar-refractivity contribution in [2.24, 2.45) is 0 Å².